The van der Waals surface area contributed by atoms with Crippen LogP contribution in [0.5, 0.6) is 0 Å². The molecule has 1 fully saturated rings. The fourth-order valence-electron chi connectivity index (χ4n) is 1.49. The van der Waals surface area contributed by atoms with Gasteiger partial charge in [0.1, 0.15) is 5.78 Å². The van der Waals surface area contributed by atoms with E-state index >= 15 is 0 Å². The molecule has 0 spiro atoms. The van der Waals surface area contributed by atoms with Gasteiger partial charge in [-0.15, -0.1) is 0 Å². The van der Waals surface area contributed by atoms with Gasteiger partial charge in [-0.2, -0.15) is 0 Å². The quantitative estimate of drug-likeness (QED) is 0.563. The molecule has 0 bridgehead atoms. The van der Waals surface area contributed by atoms with Crippen molar-refractivity contribution in [3.8, 4) is 0 Å². The van der Waals surface area contributed by atoms with Gasteiger partial charge in [0.2, 0.25) is 0 Å². The first-order chi connectivity index (χ1) is 4.22. The maximum atomic E-state index is 10.8. The smallest absolute Gasteiger partial charge is 0.134 e. The van der Waals surface area contributed by atoms with E-state index in [4.69, 9.17) is 5.73 Å². The van der Waals surface area contributed by atoms with E-state index < -0.39 is 0 Å². The summed E-state index contributed by atoms with van der Waals surface area (Å²) in [6, 6.07) is 0.155. The summed E-state index contributed by atoms with van der Waals surface area (Å²) in [6.45, 7) is 1.63. The van der Waals surface area contributed by atoms with E-state index in [-0.39, 0.29) is 17.7 Å². The van der Waals surface area contributed by atoms with Crippen molar-refractivity contribution in [1.29, 1.82) is 0 Å². The topological polar surface area (TPSA) is 43.1 Å². The molecule has 0 saturated heterocycles. The van der Waals surface area contributed by atoms with Crippen LogP contribution < -0.4 is 5.73 Å². The fourth-order valence-corrected chi connectivity index (χ4v) is 1.49. The highest BCUT2D eigenvalue weighted by Crippen LogP contribution is 2.24. The normalized spacial score (nSPS) is 34.9. The van der Waals surface area contributed by atoms with E-state index in [1.54, 1.807) is 6.92 Å². The Morgan fingerprint density at radius 1 is 1.56 bits per heavy atom. The Morgan fingerprint density at radius 3 is 2.44 bits per heavy atom. The highest BCUT2D eigenvalue weighted by Gasteiger charge is 2.26. The number of carbonyl (C=O) groups is 1. The maximum absolute atomic E-state index is 10.8. The number of nitrogens with two attached hydrogens (primary N) is 1. The number of carbonyl (C=O) groups excluding carboxylic acids is 1. The lowest BCUT2D eigenvalue weighted by molar-refractivity contribution is -0.120. The summed E-state index contributed by atoms with van der Waals surface area (Å²) < 4.78 is 0. The van der Waals surface area contributed by atoms with Gasteiger partial charge in [0, 0.05) is 12.0 Å². The zero-order valence-corrected chi connectivity index (χ0v) is 5.76. The maximum Gasteiger partial charge on any atom is 0.134 e. The molecule has 0 amide bonds. The first-order valence-electron chi connectivity index (χ1n) is 3.48. The van der Waals surface area contributed by atoms with E-state index in [2.05, 4.69) is 0 Å². The molecule has 9 heavy (non-hydrogen) atoms. The van der Waals surface area contributed by atoms with E-state index in [1.807, 2.05) is 0 Å². The van der Waals surface area contributed by atoms with Crippen LogP contribution in [0.25, 0.3) is 0 Å². The molecule has 0 aromatic rings. The van der Waals surface area contributed by atoms with Crippen LogP contribution in [-0.2, 0) is 4.79 Å². The summed E-state index contributed by atoms with van der Waals surface area (Å²) in [4.78, 5) is 10.8. The van der Waals surface area contributed by atoms with Crippen molar-refractivity contribution in [3.05, 3.63) is 0 Å². The third kappa shape index (κ3) is 1.30. The Morgan fingerprint density at radius 2 is 2.22 bits per heavy atom. The monoisotopic (exact) mass is 127 g/mol. The van der Waals surface area contributed by atoms with E-state index in [0.717, 1.165) is 19.3 Å². The Bertz CT molecular complexity index is 122. The van der Waals surface area contributed by atoms with E-state index in [9.17, 15) is 4.79 Å². The van der Waals surface area contributed by atoms with Gasteiger partial charge in [-0.3, -0.25) is 4.79 Å². The summed E-state index contributed by atoms with van der Waals surface area (Å²) in [5, 5.41) is 0. The van der Waals surface area contributed by atoms with Gasteiger partial charge in [-0.1, -0.05) is 6.42 Å². The molecule has 0 aromatic carbocycles. The highest BCUT2D eigenvalue weighted by atomic mass is 16.1. The third-order valence-electron chi connectivity index (χ3n) is 2.09. The SMILES string of the molecule is CC(=O)[C@H]1CCC[C@H]1N. The predicted molar refractivity (Wildman–Crippen MR) is 36.0 cm³/mol. The van der Waals surface area contributed by atoms with Gasteiger partial charge in [0.05, 0.1) is 0 Å². The van der Waals surface area contributed by atoms with Gasteiger partial charge < -0.3 is 5.73 Å². The van der Waals surface area contributed by atoms with Crippen LogP contribution in [-0.4, -0.2) is 11.8 Å². The van der Waals surface area contributed by atoms with Crippen LogP contribution >= 0.6 is 0 Å². The molecule has 0 radical (unpaired) electrons. The lowest BCUT2D eigenvalue weighted by Crippen LogP contribution is -2.28. The van der Waals surface area contributed by atoms with Crippen molar-refractivity contribution >= 4 is 5.78 Å². The minimum Gasteiger partial charge on any atom is -0.327 e. The second-order valence-corrected chi connectivity index (χ2v) is 2.81. The van der Waals surface area contributed by atoms with Crippen molar-refractivity contribution in [3.63, 3.8) is 0 Å². The molecule has 2 N–H and O–H groups in total. The Labute approximate surface area is 55.4 Å². The van der Waals surface area contributed by atoms with Gasteiger partial charge in [0.25, 0.3) is 0 Å². The van der Waals surface area contributed by atoms with Gasteiger partial charge in [-0.05, 0) is 19.8 Å². The minimum absolute atomic E-state index is 0.155. The molecular formula is C7H13NO. The fraction of sp³-hybridized carbons (Fsp3) is 0.857. The van der Waals surface area contributed by atoms with E-state index in [0.29, 0.717) is 0 Å². The summed E-state index contributed by atoms with van der Waals surface area (Å²) in [6.07, 6.45) is 3.17. The summed E-state index contributed by atoms with van der Waals surface area (Å²) in [7, 11) is 0. The van der Waals surface area contributed by atoms with Crippen molar-refractivity contribution in [2.45, 2.75) is 32.2 Å². The second kappa shape index (κ2) is 2.48. The molecule has 1 aliphatic rings. The molecule has 52 valence electrons. The minimum atomic E-state index is 0.155. The van der Waals surface area contributed by atoms with Crippen LogP contribution in [0.2, 0.25) is 0 Å². The summed E-state index contributed by atoms with van der Waals surface area (Å²) in [5.74, 6) is 0.435. The van der Waals surface area contributed by atoms with Crippen molar-refractivity contribution in [1.82, 2.24) is 0 Å². The van der Waals surface area contributed by atoms with Crippen LogP contribution in [0.3, 0.4) is 0 Å². The molecule has 0 unspecified atom stereocenters. The van der Waals surface area contributed by atoms with Crippen molar-refractivity contribution in [2.24, 2.45) is 11.7 Å². The predicted octanol–water partition coefficient (Wildman–Crippen LogP) is 0.703. The summed E-state index contributed by atoms with van der Waals surface area (Å²) in [5.41, 5.74) is 5.66. The standard InChI is InChI=1S/C7H13NO/c1-5(9)6-3-2-4-7(6)8/h6-7H,2-4,8H2,1H3/t6-,7-/m1/s1. The summed E-state index contributed by atoms with van der Waals surface area (Å²) >= 11 is 0. The van der Waals surface area contributed by atoms with Crippen molar-refractivity contribution < 1.29 is 4.79 Å². The van der Waals surface area contributed by atoms with Crippen LogP contribution in [0.15, 0.2) is 0 Å². The van der Waals surface area contributed by atoms with Crippen LogP contribution in [0, 0.1) is 5.92 Å². The Kier molecular flexibility index (Phi) is 1.86. The lowest BCUT2D eigenvalue weighted by Gasteiger charge is -2.09. The average Bonchev–Trinajstić information content (AvgIpc) is 2.13. The number of hydrogen-bond donors (Lipinski definition) is 1. The third-order valence-corrected chi connectivity index (χ3v) is 2.09. The molecule has 1 rings (SSSR count). The zero-order chi connectivity index (χ0) is 6.85. The zero-order valence-electron chi connectivity index (χ0n) is 5.76. The number of Topliss-reactive ketones (excluding diaryl/α,β-unsaturated/α-hetero) is 1. The van der Waals surface area contributed by atoms with Gasteiger partial charge >= 0.3 is 0 Å². The number of hydrogen-bond acceptors (Lipinski definition) is 2. The van der Waals surface area contributed by atoms with Gasteiger partial charge in [0.15, 0.2) is 0 Å². The average molecular weight is 127 g/mol. The number of rotatable bonds is 1. The van der Waals surface area contributed by atoms with Crippen LogP contribution in [0.4, 0.5) is 0 Å². The molecule has 1 saturated carbocycles. The largest absolute Gasteiger partial charge is 0.327 e. The molecule has 2 heteroatoms. The molecule has 0 heterocycles. The first kappa shape index (κ1) is 6.75. The lowest BCUT2D eigenvalue weighted by atomic mass is 10.0. The molecule has 2 atom stereocenters. The molecule has 2 nitrogen and oxygen atoms in total. The Hall–Kier alpha value is -0.370. The molecule has 0 aromatic heterocycles. The van der Waals surface area contributed by atoms with Crippen LogP contribution in [0.1, 0.15) is 26.2 Å². The van der Waals surface area contributed by atoms with Crippen molar-refractivity contribution in [2.75, 3.05) is 0 Å². The Balaban J connectivity index is 2.49. The van der Waals surface area contributed by atoms with Gasteiger partial charge in [-0.25, -0.2) is 0 Å². The molecule has 0 aliphatic heterocycles. The highest BCUT2D eigenvalue weighted by molar-refractivity contribution is 5.79. The molecule has 1 aliphatic carbocycles. The second-order valence-electron chi connectivity index (χ2n) is 2.81. The van der Waals surface area contributed by atoms with E-state index in [1.165, 1.54) is 0 Å². The molecular weight excluding hydrogens is 114 g/mol. The number of ketones is 1. The first-order valence-corrected chi connectivity index (χ1v) is 3.48.